The van der Waals surface area contributed by atoms with E-state index in [1.54, 1.807) is 18.4 Å². The first-order valence-electron chi connectivity index (χ1n) is 5.39. The second-order valence-corrected chi connectivity index (χ2v) is 6.22. The molecule has 0 aromatic rings. The first kappa shape index (κ1) is 12.9. The highest BCUT2D eigenvalue weighted by Crippen LogP contribution is 2.25. The summed E-state index contributed by atoms with van der Waals surface area (Å²) in [5, 5.41) is 0. The molecule has 0 unspecified atom stereocenters. The maximum atomic E-state index is 12.0. The molecule has 1 rings (SSSR count). The van der Waals surface area contributed by atoms with Gasteiger partial charge in [0.15, 0.2) is 0 Å². The molecule has 0 spiro atoms. The third-order valence-electron chi connectivity index (χ3n) is 2.84. The zero-order chi connectivity index (χ0) is 11.5. The number of hydrogen-bond donors (Lipinski definition) is 1. The number of nitrogens with two attached hydrogens (primary N) is 1. The molecular formula is C9H21N3O2S. The van der Waals surface area contributed by atoms with Gasteiger partial charge in [0.05, 0.1) is 0 Å². The van der Waals surface area contributed by atoms with Crippen LogP contribution in [-0.2, 0) is 10.2 Å². The lowest BCUT2D eigenvalue weighted by molar-refractivity contribution is 0.307. The Bertz CT molecular complexity index is 284. The SMILES string of the molecule is CN(C)S(=O)(=O)N(CCN)C1CCCC1. The highest BCUT2D eigenvalue weighted by atomic mass is 32.2. The van der Waals surface area contributed by atoms with Gasteiger partial charge in [0.25, 0.3) is 10.2 Å². The summed E-state index contributed by atoms with van der Waals surface area (Å²) in [5.41, 5.74) is 5.47. The number of nitrogens with zero attached hydrogens (tertiary/aromatic N) is 2. The quantitative estimate of drug-likeness (QED) is 0.729. The minimum atomic E-state index is -3.30. The molecule has 0 atom stereocenters. The highest BCUT2D eigenvalue weighted by molar-refractivity contribution is 7.86. The fraction of sp³-hybridized carbons (Fsp3) is 1.00. The summed E-state index contributed by atoms with van der Waals surface area (Å²) in [6.07, 6.45) is 4.17. The minimum absolute atomic E-state index is 0.154. The summed E-state index contributed by atoms with van der Waals surface area (Å²) >= 11 is 0. The zero-order valence-electron chi connectivity index (χ0n) is 9.52. The van der Waals surface area contributed by atoms with E-state index in [0.717, 1.165) is 25.7 Å². The van der Waals surface area contributed by atoms with Gasteiger partial charge in [0, 0.05) is 33.2 Å². The molecule has 0 aromatic heterocycles. The van der Waals surface area contributed by atoms with E-state index in [2.05, 4.69) is 0 Å². The Labute approximate surface area is 92.4 Å². The van der Waals surface area contributed by atoms with Crippen LogP contribution in [0.15, 0.2) is 0 Å². The molecule has 1 fully saturated rings. The standard InChI is InChI=1S/C9H21N3O2S/c1-11(2)15(13,14)12(8-7-10)9-5-3-4-6-9/h9H,3-8,10H2,1-2H3. The van der Waals surface area contributed by atoms with Crippen molar-refractivity contribution in [2.75, 3.05) is 27.2 Å². The van der Waals surface area contributed by atoms with Crippen molar-refractivity contribution in [3.63, 3.8) is 0 Å². The Balaban J connectivity index is 2.81. The van der Waals surface area contributed by atoms with Gasteiger partial charge in [-0.25, -0.2) is 0 Å². The van der Waals surface area contributed by atoms with Crippen molar-refractivity contribution >= 4 is 10.2 Å². The Morgan fingerprint density at radius 3 is 2.20 bits per heavy atom. The van der Waals surface area contributed by atoms with Crippen molar-refractivity contribution < 1.29 is 8.42 Å². The summed E-state index contributed by atoms with van der Waals surface area (Å²) in [6, 6.07) is 0.154. The monoisotopic (exact) mass is 235 g/mol. The number of hydrogen-bond acceptors (Lipinski definition) is 3. The average Bonchev–Trinajstić information content (AvgIpc) is 2.66. The summed E-state index contributed by atoms with van der Waals surface area (Å²) in [7, 11) is -0.171. The van der Waals surface area contributed by atoms with Gasteiger partial charge in [-0.1, -0.05) is 12.8 Å². The van der Waals surface area contributed by atoms with Crippen molar-refractivity contribution in [2.24, 2.45) is 5.73 Å². The van der Waals surface area contributed by atoms with Crippen LogP contribution in [0.5, 0.6) is 0 Å². The third kappa shape index (κ3) is 2.90. The smallest absolute Gasteiger partial charge is 0.281 e. The van der Waals surface area contributed by atoms with Crippen molar-refractivity contribution in [3.05, 3.63) is 0 Å². The third-order valence-corrected chi connectivity index (χ3v) is 4.84. The van der Waals surface area contributed by atoms with E-state index < -0.39 is 10.2 Å². The highest BCUT2D eigenvalue weighted by Gasteiger charge is 2.32. The fourth-order valence-corrected chi connectivity index (χ4v) is 3.36. The Kier molecular flexibility index (Phi) is 4.51. The van der Waals surface area contributed by atoms with Crippen molar-refractivity contribution in [1.82, 2.24) is 8.61 Å². The molecule has 90 valence electrons. The summed E-state index contributed by atoms with van der Waals surface area (Å²) in [6.45, 7) is 0.800. The first-order valence-corrected chi connectivity index (χ1v) is 6.79. The minimum Gasteiger partial charge on any atom is -0.329 e. The maximum Gasteiger partial charge on any atom is 0.281 e. The van der Waals surface area contributed by atoms with Crippen molar-refractivity contribution in [3.8, 4) is 0 Å². The number of rotatable bonds is 5. The molecule has 2 N–H and O–H groups in total. The largest absolute Gasteiger partial charge is 0.329 e. The summed E-state index contributed by atoms with van der Waals surface area (Å²) in [5.74, 6) is 0. The Morgan fingerprint density at radius 1 is 1.27 bits per heavy atom. The molecule has 6 heteroatoms. The molecule has 1 aliphatic rings. The maximum absolute atomic E-state index is 12.0. The van der Waals surface area contributed by atoms with Gasteiger partial charge in [0.1, 0.15) is 0 Å². The molecule has 0 bridgehead atoms. The lowest BCUT2D eigenvalue weighted by Crippen LogP contribution is -2.47. The van der Waals surface area contributed by atoms with Crippen LogP contribution in [0.2, 0.25) is 0 Å². The van der Waals surface area contributed by atoms with Gasteiger partial charge in [-0.2, -0.15) is 17.0 Å². The van der Waals surface area contributed by atoms with Crippen molar-refractivity contribution in [2.45, 2.75) is 31.7 Å². The van der Waals surface area contributed by atoms with Gasteiger partial charge in [0.2, 0.25) is 0 Å². The van der Waals surface area contributed by atoms with E-state index in [9.17, 15) is 8.42 Å². The van der Waals surface area contributed by atoms with E-state index >= 15 is 0 Å². The molecule has 5 nitrogen and oxygen atoms in total. The fourth-order valence-electron chi connectivity index (χ4n) is 2.02. The van der Waals surface area contributed by atoms with Crippen molar-refractivity contribution in [1.29, 1.82) is 0 Å². The van der Waals surface area contributed by atoms with Crippen LogP contribution in [0.3, 0.4) is 0 Å². The van der Waals surface area contributed by atoms with E-state index in [-0.39, 0.29) is 6.04 Å². The molecule has 0 heterocycles. The molecule has 0 amide bonds. The molecule has 1 aliphatic carbocycles. The second-order valence-electron chi connectivity index (χ2n) is 4.13. The van der Waals surface area contributed by atoms with Crippen LogP contribution in [0.4, 0.5) is 0 Å². The Morgan fingerprint density at radius 2 is 1.80 bits per heavy atom. The Hall–Kier alpha value is -0.170. The first-order chi connectivity index (χ1) is 7.00. The van der Waals surface area contributed by atoms with Gasteiger partial charge in [-0.15, -0.1) is 0 Å². The van der Waals surface area contributed by atoms with Crippen LogP contribution in [0.25, 0.3) is 0 Å². The van der Waals surface area contributed by atoms with Gasteiger partial charge >= 0.3 is 0 Å². The molecular weight excluding hydrogens is 214 g/mol. The molecule has 0 aromatic carbocycles. The van der Waals surface area contributed by atoms with Crippen LogP contribution in [0.1, 0.15) is 25.7 Å². The molecule has 0 aliphatic heterocycles. The van der Waals surface area contributed by atoms with E-state index in [0.29, 0.717) is 13.1 Å². The predicted octanol–water partition coefficient (Wildman–Crippen LogP) is -0.00390. The predicted molar refractivity (Wildman–Crippen MR) is 60.6 cm³/mol. The zero-order valence-corrected chi connectivity index (χ0v) is 10.3. The molecule has 0 saturated heterocycles. The van der Waals surface area contributed by atoms with Crippen LogP contribution >= 0.6 is 0 Å². The van der Waals surface area contributed by atoms with Crippen LogP contribution in [-0.4, -0.2) is 50.3 Å². The average molecular weight is 235 g/mol. The normalized spacial score (nSPS) is 19.3. The van der Waals surface area contributed by atoms with Gasteiger partial charge < -0.3 is 5.73 Å². The van der Waals surface area contributed by atoms with E-state index in [1.165, 1.54) is 4.31 Å². The lowest BCUT2D eigenvalue weighted by Gasteiger charge is -2.30. The molecule has 0 radical (unpaired) electrons. The summed E-state index contributed by atoms with van der Waals surface area (Å²) < 4.78 is 26.8. The molecule has 15 heavy (non-hydrogen) atoms. The summed E-state index contributed by atoms with van der Waals surface area (Å²) in [4.78, 5) is 0. The van der Waals surface area contributed by atoms with Crippen LogP contribution < -0.4 is 5.73 Å². The molecule has 1 saturated carbocycles. The van der Waals surface area contributed by atoms with Crippen LogP contribution in [0, 0.1) is 0 Å². The van der Waals surface area contributed by atoms with Gasteiger partial charge in [-0.3, -0.25) is 0 Å². The lowest BCUT2D eigenvalue weighted by atomic mass is 10.2. The van der Waals surface area contributed by atoms with E-state index in [1.807, 2.05) is 0 Å². The van der Waals surface area contributed by atoms with Gasteiger partial charge in [-0.05, 0) is 12.8 Å². The van der Waals surface area contributed by atoms with E-state index in [4.69, 9.17) is 5.73 Å². The topological polar surface area (TPSA) is 66.6 Å². The second kappa shape index (κ2) is 5.25.